The lowest BCUT2D eigenvalue weighted by molar-refractivity contribution is 0.252. The predicted octanol–water partition coefficient (Wildman–Crippen LogP) is 0.583. The van der Waals surface area contributed by atoms with E-state index in [1.54, 1.807) is 8.61 Å². The van der Waals surface area contributed by atoms with E-state index >= 15 is 0 Å². The van der Waals surface area contributed by atoms with Crippen LogP contribution in [0.4, 0.5) is 0 Å². The molecule has 2 aliphatic rings. The number of fused-ring (bicyclic) bond motifs is 1. The zero-order valence-electron chi connectivity index (χ0n) is 11.7. The molecule has 20 heavy (non-hydrogen) atoms. The lowest BCUT2D eigenvalue weighted by atomic mass is 10.0. The van der Waals surface area contributed by atoms with Gasteiger partial charge in [0.15, 0.2) is 0 Å². The highest BCUT2D eigenvalue weighted by Crippen LogP contribution is 2.23. The largest absolute Gasteiger partial charge is 0.314 e. The standard InChI is InChI=1S/C14H21N3O2S/c1-12-10-15-7-9-17(12)20(18,19)16-8-6-13-4-2-3-5-14(13)11-16/h2-5,12,15H,6-11H2,1H3/t12-/m0/s1. The third-order valence-corrected chi connectivity index (χ3v) is 6.26. The van der Waals surface area contributed by atoms with Gasteiger partial charge in [-0.25, -0.2) is 0 Å². The van der Waals surface area contributed by atoms with E-state index in [1.807, 2.05) is 25.1 Å². The molecule has 1 fully saturated rings. The monoisotopic (exact) mass is 295 g/mol. The van der Waals surface area contributed by atoms with Crippen molar-refractivity contribution in [1.82, 2.24) is 13.9 Å². The summed E-state index contributed by atoms with van der Waals surface area (Å²) in [7, 11) is -3.35. The summed E-state index contributed by atoms with van der Waals surface area (Å²) in [4.78, 5) is 0. The number of hydrogen-bond acceptors (Lipinski definition) is 3. The Morgan fingerprint density at radius 3 is 2.70 bits per heavy atom. The van der Waals surface area contributed by atoms with Crippen LogP contribution in [-0.4, -0.2) is 49.2 Å². The van der Waals surface area contributed by atoms with E-state index in [4.69, 9.17) is 0 Å². The van der Waals surface area contributed by atoms with Gasteiger partial charge in [-0.3, -0.25) is 0 Å². The number of hydrogen-bond donors (Lipinski definition) is 1. The topological polar surface area (TPSA) is 52.7 Å². The molecule has 0 radical (unpaired) electrons. The number of piperazine rings is 1. The highest BCUT2D eigenvalue weighted by Gasteiger charge is 2.35. The smallest absolute Gasteiger partial charge is 0.282 e. The van der Waals surface area contributed by atoms with Crippen molar-refractivity contribution in [3.8, 4) is 0 Å². The average molecular weight is 295 g/mol. The molecule has 0 aliphatic carbocycles. The van der Waals surface area contributed by atoms with E-state index in [1.165, 1.54) is 5.56 Å². The van der Waals surface area contributed by atoms with E-state index in [9.17, 15) is 8.42 Å². The molecule has 5 nitrogen and oxygen atoms in total. The SMILES string of the molecule is C[C@H]1CNCCN1S(=O)(=O)N1CCc2ccccc2C1. The Hall–Kier alpha value is -0.950. The molecular formula is C14H21N3O2S. The molecule has 0 aromatic heterocycles. The van der Waals surface area contributed by atoms with Gasteiger partial charge in [-0.2, -0.15) is 17.0 Å². The van der Waals surface area contributed by atoms with Gasteiger partial charge in [0.05, 0.1) is 0 Å². The molecule has 110 valence electrons. The molecule has 6 heteroatoms. The van der Waals surface area contributed by atoms with Crippen LogP contribution in [0.1, 0.15) is 18.1 Å². The summed E-state index contributed by atoms with van der Waals surface area (Å²) in [5.74, 6) is 0. The van der Waals surface area contributed by atoms with Gasteiger partial charge in [0.2, 0.25) is 0 Å². The van der Waals surface area contributed by atoms with Gasteiger partial charge in [0.1, 0.15) is 0 Å². The number of rotatable bonds is 2. The fourth-order valence-electron chi connectivity index (χ4n) is 2.98. The molecule has 0 bridgehead atoms. The Morgan fingerprint density at radius 2 is 1.95 bits per heavy atom. The van der Waals surface area contributed by atoms with Crippen molar-refractivity contribution >= 4 is 10.2 Å². The summed E-state index contributed by atoms with van der Waals surface area (Å²) < 4.78 is 28.8. The first-order valence-corrected chi connectivity index (χ1v) is 8.53. The fourth-order valence-corrected chi connectivity index (χ4v) is 4.75. The first-order chi connectivity index (χ1) is 9.59. The van der Waals surface area contributed by atoms with Gasteiger partial charge in [-0.15, -0.1) is 0 Å². The maximum Gasteiger partial charge on any atom is 0.282 e. The van der Waals surface area contributed by atoms with Crippen LogP contribution in [0.2, 0.25) is 0 Å². The molecule has 1 saturated heterocycles. The Morgan fingerprint density at radius 1 is 1.20 bits per heavy atom. The Labute approximate surface area is 120 Å². The van der Waals surface area contributed by atoms with Crippen molar-refractivity contribution in [2.45, 2.75) is 25.9 Å². The third-order valence-electron chi connectivity index (χ3n) is 4.16. The quantitative estimate of drug-likeness (QED) is 0.868. The van der Waals surface area contributed by atoms with E-state index in [0.717, 1.165) is 25.1 Å². The van der Waals surface area contributed by atoms with E-state index in [0.29, 0.717) is 19.6 Å². The van der Waals surface area contributed by atoms with E-state index in [2.05, 4.69) is 11.4 Å². The molecule has 3 rings (SSSR count). The second-order valence-electron chi connectivity index (χ2n) is 5.52. The molecule has 1 aromatic rings. The predicted molar refractivity (Wildman–Crippen MR) is 78.5 cm³/mol. The molecule has 0 saturated carbocycles. The van der Waals surface area contributed by atoms with Crippen LogP contribution in [0.25, 0.3) is 0 Å². The molecule has 1 N–H and O–H groups in total. The summed E-state index contributed by atoms with van der Waals surface area (Å²) in [6.07, 6.45) is 0.801. The minimum atomic E-state index is -3.35. The number of benzene rings is 1. The van der Waals surface area contributed by atoms with Crippen LogP contribution >= 0.6 is 0 Å². The molecule has 2 heterocycles. The Balaban J connectivity index is 1.82. The molecule has 1 atom stereocenters. The molecule has 2 aliphatic heterocycles. The summed E-state index contributed by atoms with van der Waals surface area (Å²) in [6.45, 7) is 5.05. The zero-order chi connectivity index (χ0) is 14.2. The summed E-state index contributed by atoms with van der Waals surface area (Å²) >= 11 is 0. The molecule has 0 spiro atoms. The van der Waals surface area contributed by atoms with Crippen LogP contribution in [0.3, 0.4) is 0 Å². The van der Waals surface area contributed by atoms with Crippen molar-refractivity contribution < 1.29 is 8.42 Å². The minimum absolute atomic E-state index is 0.0194. The molecule has 0 unspecified atom stereocenters. The molecular weight excluding hydrogens is 274 g/mol. The Bertz CT molecular complexity index is 588. The zero-order valence-corrected chi connectivity index (χ0v) is 12.6. The highest BCUT2D eigenvalue weighted by atomic mass is 32.2. The van der Waals surface area contributed by atoms with E-state index in [-0.39, 0.29) is 6.04 Å². The van der Waals surface area contributed by atoms with Crippen LogP contribution in [0, 0.1) is 0 Å². The summed E-state index contributed by atoms with van der Waals surface area (Å²) in [5.41, 5.74) is 2.40. The fraction of sp³-hybridized carbons (Fsp3) is 0.571. The number of nitrogens with one attached hydrogen (secondary N) is 1. The van der Waals surface area contributed by atoms with E-state index < -0.39 is 10.2 Å². The van der Waals surface area contributed by atoms with Crippen LogP contribution in [0.15, 0.2) is 24.3 Å². The van der Waals surface area contributed by atoms with Crippen LogP contribution in [0.5, 0.6) is 0 Å². The van der Waals surface area contributed by atoms with Crippen LogP contribution in [-0.2, 0) is 23.2 Å². The highest BCUT2D eigenvalue weighted by molar-refractivity contribution is 7.86. The van der Waals surface area contributed by atoms with Gasteiger partial charge < -0.3 is 5.32 Å². The first kappa shape index (κ1) is 14.0. The third kappa shape index (κ3) is 2.48. The number of nitrogens with zero attached hydrogens (tertiary/aromatic N) is 2. The van der Waals surface area contributed by atoms with Crippen LogP contribution < -0.4 is 5.32 Å². The second-order valence-corrected chi connectivity index (χ2v) is 7.40. The summed E-state index contributed by atoms with van der Waals surface area (Å²) in [5, 5.41) is 3.23. The molecule has 0 amide bonds. The van der Waals surface area contributed by atoms with Gasteiger partial charge in [-0.05, 0) is 24.5 Å². The second kappa shape index (κ2) is 5.44. The minimum Gasteiger partial charge on any atom is -0.314 e. The van der Waals surface area contributed by atoms with Gasteiger partial charge in [0, 0.05) is 38.8 Å². The lowest BCUT2D eigenvalue weighted by Gasteiger charge is -2.38. The van der Waals surface area contributed by atoms with Crippen molar-refractivity contribution in [2.75, 3.05) is 26.2 Å². The summed E-state index contributed by atoms with van der Waals surface area (Å²) in [6, 6.07) is 8.13. The lowest BCUT2D eigenvalue weighted by Crippen LogP contribution is -2.56. The van der Waals surface area contributed by atoms with Crippen molar-refractivity contribution in [3.05, 3.63) is 35.4 Å². The maximum absolute atomic E-state index is 12.8. The van der Waals surface area contributed by atoms with Gasteiger partial charge in [-0.1, -0.05) is 24.3 Å². The normalized spacial score (nSPS) is 25.4. The molecule has 1 aromatic carbocycles. The van der Waals surface area contributed by atoms with Gasteiger partial charge in [0.25, 0.3) is 10.2 Å². The van der Waals surface area contributed by atoms with Crippen molar-refractivity contribution in [3.63, 3.8) is 0 Å². The average Bonchev–Trinajstić information content (AvgIpc) is 2.47. The van der Waals surface area contributed by atoms with Gasteiger partial charge >= 0.3 is 0 Å². The Kier molecular flexibility index (Phi) is 3.81. The maximum atomic E-state index is 12.8. The van der Waals surface area contributed by atoms with Crippen molar-refractivity contribution in [1.29, 1.82) is 0 Å². The van der Waals surface area contributed by atoms with Crippen molar-refractivity contribution in [2.24, 2.45) is 0 Å². The first-order valence-electron chi connectivity index (χ1n) is 7.13.